The van der Waals surface area contributed by atoms with Crippen LogP contribution in [0.15, 0.2) is 54.1 Å². The van der Waals surface area contributed by atoms with Gasteiger partial charge in [0.15, 0.2) is 0 Å². The van der Waals surface area contributed by atoms with E-state index in [1.165, 1.54) is 18.2 Å². The lowest BCUT2D eigenvalue weighted by Gasteiger charge is -2.35. The van der Waals surface area contributed by atoms with Gasteiger partial charge in [-0.25, -0.2) is 4.79 Å². The fourth-order valence-electron chi connectivity index (χ4n) is 4.31. The number of ether oxygens (including phenoxy) is 2. The van der Waals surface area contributed by atoms with Crippen LogP contribution in [-0.4, -0.2) is 45.7 Å². The molecule has 0 amide bonds. The summed E-state index contributed by atoms with van der Waals surface area (Å²) in [6.45, 7) is 1.08. The van der Waals surface area contributed by atoms with Crippen LogP contribution < -0.4 is 4.74 Å². The molecule has 2 aromatic rings. The first-order chi connectivity index (χ1) is 14.0. The van der Waals surface area contributed by atoms with Crippen molar-refractivity contribution < 1.29 is 14.3 Å². The summed E-state index contributed by atoms with van der Waals surface area (Å²) >= 11 is 0. The molecule has 3 rings (SSSR count). The molecule has 0 N–H and O–H groups in total. The summed E-state index contributed by atoms with van der Waals surface area (Å²) in [5.74, 6) is 1.68. The van der Waals surface area contributed by atoms with Gasteiger partial charge in [0.1, 0.15) is 5.75 Å². The minimum absolute atomic E-state index is 0.297. The van der Waals surface area contributed by atoms with E-state index in [4.69, 9.17) is 9.47 Å². The molecule has 2 aromatic carbocycles. The van der Waals surface area contributed by atoms with Gasteiger partial charge in [-0.3, -0.25) is 0 Å². The summed E-state index contributed by atoms with van der Waals surface area (Å²) in [4.78, 5) is 14.1. The van der Waals surface area contributed by atoms with Crippen LogP contribution in [0.4, 0.5) is 0 Å². The molecule has 1 saturated carbocycles. The van der Waals surface area contributed by atoms with Gasteiger partial charge in [-0.2, -0.15) is 0 Å². The maximum absolute atomic E-state index is 11.8. The zero-order chi connectivity index (χ0) is 20.8. The SMILES string of the molecule is COC(=O)c1cccc(/C=C2\CC[C@@H](CN(C)C)C(c3cccc(OC)c3)C2)c1. The Kier molecular flexibility index (Phi) is 7.10. The average Bonchev–Trinajstić information content (AvgIpc) is 2.74. The normalized spacial score (nSPS) is 20.7. The van der Waals surface area contributed by atoms with E-state index in [1.807, 2.05) is 24.3 Å². The van der Waals surface area contributed by atoms with Gasteiger partial charge in [0.25, 0.3) is 0 Å². The molecule has 2 atom stereocenters. The highest BCUT2D eigenvalue weighted by atomic mass is 16.5. The average molecular weight is 394 g/mol. The summed E-state index contributed by atoms with van der Waals surface area (Å²) in [5, 5.41) is 0. The Hall–Kier alpha value is -2.59. The van der Waals surface area contributed by atoms with Crippen molar-refractivity contribution in [2.75, 3.05) is 34.9 Å². The number of carbonyl (C=O) groups is 1. The van der Waals surface area contributed by atoms with Crippen molar-refractivity contribution in [1.82, 2.24) is 4.90 Å². The molecule has 29 heavy (non-hydrogen) atoms. The van der Waals surface area contributed by atoms with Gasteiger partial charge in [-0.1, -0.05) is 35.9 Å². The molecular weight excluding hydrogens is 362 g/mol. The van der Waals surface area contributed by atoms with Crippen LogP contribution >= 0.6 is 0 Å². The molecule has 1 aliphatic rings. The van der Waals surface area contributed by atoms with Crippen molar-refractivity contribution in [3.8, 4) is 5.75 Å². The fraction of sp³-hybridized carbons (Fsp3) is 0.400. The van der Waals surface area contributed by atoms with Crippen LogP contribution in [0, 0.1) is 5.92 Å². The molecule has 0 heterocycles. The predicted molar refractivity (Wildman–Crippen MR) is 117 cm³/mol. The van der Waals surface area contributed by atoms with E-state index in [1.54, 1.807) is 13.2 Å². The second-order valence-corrected chi connectivity index (χ2v) is 8.07. The fourth-order valence-corrected chi connectivity index (χ4v) is 4.31. The van der Waals surface area contributed by atoms with E-state index in [9.17, 15) is 4.79 Å². The first-order valence-electron chi connectivity index (χ1n) is 10.2. The maximum Gasteiger partial charge on any atom is 0.337 e. The molecule has 1 aliphatic carbocycles. The first kappa shape index (κ1) is 21.1. The topological polar surface area (TPSA) is 38.8 Å². The van der Waals surface area contributed by atoms with E-state index < -0.39 is 0 Å². The molecule has 0 spiro atoms. The molecule has 1 unspecified atom stereocenters. The standard InChI is InChI=1S/C25H31NO3/c1-26(2)17-22-12-11-19(13-18-7-5-9-21(14-18)25(27)29-4)15-24(22)20-8-6-10-23(16-20)28-3/h5-10,13-14,16,22,24H,11-12,15,17H2,1-4H3/b19-13+/t22-,24?/m0/s1. The molecule has 0 aliphatic heterocycles. The van der Waals surface area contributed by atoms with Gasteiger partial charge in [-0.05, 0) is 80.6 Å². The second kappa shape index (κ2) is 9.75. The Bertz CT molecular complexity index is 872. The number of esters is 1. The molecule has 0 radical (unpaired) electrons. The lowest BCUT2D eigenvalue weighted by Crippen LogP contribution is -2.29. The number of rotatable bonds is 6. The van der Waals surface area contributed by atoms with Gasteiger partial charge in [0.05, 0.1) is 19.8 Å². The number of hydrogen-bond acceptors (Lipinski definition) is 4. The van der Waals surface area contributed by atoms with Crippen molar-refractivity contribution in [2.45, 2.75) is 25.2 Å². The minimum Gasteiger partial charge on any atom is -0.497 e. The summed E-state index contributed by atoms with van der Waals surface area (Å²) in [5.41, 5.74) is 4.41. The monoisotopic (exact) mass is 393 g/mol. The van der Waals surface area contributed by atoms with E-state index in [0.717, 1.165) is 37.1 Å². The van der Waals surface area contributed by atoms with Crippen molar-refractivity contribution >= 4 is 12.0 Å². The van der Waals surface area contributed by atoms with Crippen molar-refractivity contribution in [2.24, 2.45) is 5.92 Å². The Morgan fingerprint density at radius 3 is 2.66 bits per heavy atom. The summed E-state index contributed by atoms with van der Waals surface area (Å²) in [6.07, 6.45) is 5.50. The number of hydrogen-bond donors (Lipinski definition) is 0. The Morgan fingerprint density at radius 1 is 1.14 bits per heavy atom. The highest BCUT2D eigenvalue weighted by Crippen LogP contribution is 2.42. The summed E-state index contributed by atoms with van der Waals surface area (Å²) in [6, 6.07) is 16.1. The zero-order valence-corrected chi connectivity index (χ0v) is 17.9. The molecule has 1 fully saturated rings. The molecule has 4 heteroatoms. The maximum atomic E-state index is 11.8. The highest BCUT2D eigenvalue weighted by Gasteiger charge is 2.29. The van der Waals surface area contributed by atoms with Gasteiger partial charge >= 0.3 is 5.97 Å². The van der Waals surface area contributed by atoms with E-state index >= 15 is 0 Å². The van der Waals surface area contributed by atoms with E-state index in [0.29, 0.717) is 17.4 Å². The Balaban J connectivity index is 1.87. The number of carbonyl (C=O) groups excluding carboxylic acids is 1. The minimum atomic E-state index is -0.297. The lowest BCUT2D eigenvalue weighted by atomic mass is 9.73. The largest absolute Gasteiger partial charge is 0.497 e. The van der Waals surface area contributed by atoms with Crippen molar-refractivity contribution in [1.29, 1.82) is 0 Å². The molecule has 0 aromatic heterocycles. The smallest absolute Gasteiger partial charge is 0.337 e. The predicted octanol–water partition coefficient (Wildman–Crippen LogP) is 5.01. The molecule has 0 bridgehead atoms. The molecule has 0 saturated heterocycles. The zero-order valence-electron chi connectivity index (χ0n) is 17.9. The highest BCUT2D eigenvalue weighted by molar-refractivity contribution is 5.90. The quantitative estimate of drug-likeness (QED) is 0.647. The van der Waals surface area contributed by atoms with Gasteiger partial charge < -0.3 is 14.4 Å². The third-order valence-corrected chi connectivity index (χ3v) is 5.69. The molecule has 4 nitrogen and oxygen atoms in total. The number of nitrogens with zero attached hydrogens (tertiary/aromatic N) is 1. The second-order valence-electron chi connectivity index (χ2n) is 8.07. The Labute approximate surface area is 174 Å². The van der Waals surface area contributed by atoms with E-state index in [2.05, 4.69) is 43.3 Å². The van der Waals surface area contributed by atoms with Crippen LogP contribution in [0.3, 0.4) is 0 Å². The van der Waals surface area contributed by atoms with Gasteiger partial charge in [0, 0.05) is 6.54 Å². The van der Waals surface area contributed by atoms with Gasteiger partial charge in [-0.15, -0.1) is 0 Å². The van der Waals surface area contributed by atoms with Gasteiger partial charge in [0.2, 0.25) is 0 Å². The lowest BCUT2D eigenvalue weighted by molar-refractivity contribution is 0.0600. The molecule has 154 valence electrons. The number of allylic oxidation sites excluding steroid dienone is 1. The van der Waals surface area contributed by atoms with Crippen LogP contribution in [0.1, 0.15) is 46.7 Å². The van der Waals surface area contributed by atoms with Crippen LogP contribution in [-0.2, 0) is 4.74 Å². The number of methoxy groups -OCH3 is 2. The van der Waals surface area contributed by atoms with Crippen LogP contribution in [0.5, 0.6) is 5.75 Å². The van der Waals surface area contributed by atoms with Crippen LogP contribution in [0.25, 0.3) is 6.08 Å². The third-order valence-electron chi connectivity index (χ3n) is 5.69. The summed E-state index contributed by atoms with van der Waals surface area (Å²) in [7, 11) is 7.42. The first-order valence-corrected chi connectivity index (χ1v) is 10.2. The van der Waals surface area contributed by atoms with Crippen molar-refractivity contribution in [3.63, 3.8) is 0 Å². The third kappa shape index (κ3) is 5.48. The summed E-state index contributed by atoms with van der Waals surface area (Å²) < 4.78 is 10.3. The van der Waals surface area contributed by atoms with Crippen molar-refractivity contribution in [3.05, 3.63) is 70.8 Å². The molecular formula is C25H31NO3. The van der Waals surface area contributed by atoms with E-state index in [-0.39, 0.29) is 5.97 Å². The van der Waals surface area contributed by atoms with Crippen LogP contribution in [0.2, 0.25) is 0 Å². The number of benzene rings is 2. The Morgan fingerprint density at radius 2 is 1.93 bits per heavy atom.